The third kappa shape index (κ3) is 4.54. The first-order chi connectivity index (χ1) is 9.15. The minimum Gasteiger partial charge on any atom is -0.492 e. The molecule has 1 atom stereocenters. The molecule has 1 aliphatic rings. The molecular weight excluding hydrogens is 234 g/mol. The number of hydrogen-bond acceptors (Lipinski definition) is 2. The summed E-state index contributed by atoms with van der Waals surface area (Å²) in [6.45, 7) is 11.1. The number of piperidine rings is 1. The van der Waals surface area contributed by atoms with E-state index in [2.05, 4.69) is 49.9 Å². The molecule has 0 spiro atoms. The molecular formula is C17H27NO. The first kappa shape index (κ1) is 14.4. The van der Waals surface area contributed by atoms with Gasteiger partial charge in [-0.15, -0.1) is 0 Å². The Balaban J connectivity index is 1.73. The van der Waals surface area contributed by atoms with Crippen LogP contribution in [0.4, 0.5) is 0 Å². The number of rotatable bonds is 5. The van der Waals surface area contributed by atoms with Crippen LogP contribution in [0.2, 0.25) is 0 Å². The molecule has 0 bridgehead atoms. The predicted molar refractivity (Wildman–Crippen MR) is 80.9 cm³/mol. The Morgan fingerprint density at radius 3 is 2.63 bits per heavy atom. The first-order valence-corrected chi connectivity index (χ1v) is 7.60. The van der Waals surface area contributed by atoms with E-state index in [0.29, 0.717) is 5.92 Å². The summed E-state index contributed by atoms with van der Waals surface area (Å²) in [5.74, 6) is 2.43. The van der Waals surface area contributed by atoms with E-state index in [0.717, 1.165) is 24.8 Å². The predicted octanol–water partition coefficient (Wildman–Crippen LogP) is 3.92. The van der Waals surface area contributed by atoms with Gasteiger partial charge < -0.3 is 4.74 Å². The lowest BCUT2D eigenvalue weighted by molar-refractivity contribution is 0.153. The van der Waals surface area contributed by atoms with Gasteiger partial charge in [0.15, 0.2) is 0 Å². The summed E-state index contributed by atoms with van der Waals surface area (Å²) in [5, 5.41) is 0. The van der Waals surface area contributed by atoms with Gasteiger partial charge in [0, 0.05) is 13.1 Å². The Morgan fingerprint density at radius 1 is 1.26 bits per heavy atom. The minimum atomic E-state index is 0.587. The summed E-state index contributed by atoms with van der Waals surface area (Å²) < 4.78 is 5.84. The number of likely N-dealkylation sites (tertiary alicyclic amines) is 1. The van der Waals surface area contributed by atoms with Crippen molar-refractivity contribution in [2.75, 3.05) is 26.2 Å². The lowest BCUT2D eigenvalue weighted by Gasteiger charge is -2.30. The molecule has 0 radical (unpaired) electrons. The maximum absolute atomic E-state index is 5.84. The topological polar surface area (TPSA) is 12.5 Å². The van der Waals surface area contributed by atoms with Crippen LogP contribution < -0.4 is 4.74 Å². The van der Waals surface area contributed by atoms with Crippen LogP contribution in [0.1, 0.15) is 45.1 Å². The van der Waals surface area contributed by atoms with Gasteiger partial charge in [-0.2, -0.15) is 0 Å². The van der Waals surface area contributed by atoms with Crippen molar-refractivity contribution in [2.24, 2.45) is 5.92 Å². The standard InChI is InChI=1S/C17H27NO/c1-14(2)16-6-8-17(9-7-16)19-12-11-18-10-4-5-15(3)13-18/h6-9,14-15H,4-5,10-13H2,1-3H3. The van der Waals surface area contributed by atoms with Crippen molar-refractivity contribution in [3.05, 3.63) is 29.8 Å². The third-order valence-electron chi connectivity index (χ3n) is 3.96. The molecule has 1 aliphatic heterocycles. The molecule has 1 heterocycles. The van der Waals surface area contributed by atoms with E-state index in [1.165, 1.54) is 31.5 Å². The van der Waals surface area contributed by atoms with Gasteiger partial charge in [-0.1, -0.05) is 32.9 Å². The molecule has 1 fully saturated rings. The molecule has 0 aliphatic carbocycles. The average molecular weight is 261 g/mol. The maximum Gasteiger partial charge on any atom is 0.119 e. The van der Waals surface area contributed by atoms with Crippen molar-refractivity contribution in [2.45, 2.75) is 39.5 Å². The van der Waals surface area contributed by atoms with Crippen LogP contribution in [0, 0.1) is 5.92 Å². The number of hydrogen-bond donors (Lipinski definition) is 0. The van der Waals surface area contributed by atoms with Crippen LogP contribution in [-0.4, -0.2) is 31.1 Å². The maximum atomic E-state index is 5.84. The molecule has 1 aromatic carbocycles. The molecule has 0 amide bonds. The van der Waals surface area contributed by atoms with E-state index in [4.69, 9.17) is 4.74 Å². The second-order valence-electron chi connectivity index (χ2n) is 6.12. The molecule has 2 nitrogen and oxygen atoms in total. The van der Waals surface area contributed by atoms with Crippen molar-refractivity contribution < 1.29 is 4.74 Å². The lowest BCUT2D eigenvalue weighted by atomic mass is 10.0. The number of benzene rings is 1. The fourth-order valence-corrected chi connectivity index (χ4v) is 2.73. The largest absolute Gasteiger partial charge is 0.492 e. The van der Waals surface area contributed by atoms with Crippen molar-refractivity contribution >= 4 is 0 Å². The Bertz CT molecular complexity index is 371. The van der Waals surface area contributed by atoms with Crippen LogP contribution >= 0.6 is 0 Å². The highest BCUT2D eigenvalue weighted by molar-refractivity contribution is 5.28. The average Bonchev–Trinajstić information content (AvgIpc) is 2.39. The van der Waals surface area contributed by atoms with Crippen LogP contribution in [0.15, 0.2) is 24.3 Å². The summed E-state index contributed by atoms with van der Waals surface area (Å²) in [6, 6.07) is 8.52. The molecule has 19 heavy (non-hydrogen) atoms. The Kier molecular flexibility index (Phi) is 5.26. The van der Waals surface area contributed by atoms with Crippen molar-refractivity contribution in [1.82, 2.24) is 4.90 Å². The van der Waals surface area contributed by atoms with Gasteiger partial charge in [-0.25, -0.2) is 0 Å². The summed E-state index contributed by atoms with van der Waals surface area (Å²) in [6.07, 6.45) is 2.72. The van der Waals surface area contributed by atoms with Gasteiger partial charge in [-0.05, 0) is 48.9 Å². The van der Waals surface area contributed by atoms with Gasteiger partial charge >= 0.3 is 0 Å². The third-order valence-corrected chi connectivity index (χ3v) is 3.96. The fourth-order valence-electron chi connectivity index (χ4n) is 2.73. The zero-order chi connectivity index (χ0) is 13.7. The molecule has 1 aromatic rings. The van der Waals surface area contributed by atoms with Gasteiger partial charge in [0.1, 0.15) is 12.4 Å². The normalized spacial score (nSPS) is 20.7. The highest BCUT2D eigenvalue weighted by atomic mass is 16.5. The quantitative estimate of drug-likeness (QED) is 0.796. The first-order valence-electron chi connectivity index (χ1n) is 7.60. The monoisotopic (exact) mass is 261 g/mol. The highest BCUT2D eigenvalue weighted by Crippen LogP contribution is 2.19. The second-order valence-corrected chi connectivity index (χ2v) is 6.12. The Labute approximate surface area is 117 Å². The number of nitrogens with zero attached hydrogens (tertiary/aromatic N) is 1. The second kappa shape index (κ2) is 6.95. The molecule has 0 N–H and O–H groups in total. The lowest BCUT2D eigenvalue weighted by Crippen LogP contribution is -2.37. The SMILES string of the molecule is CC1CCCN(CCOc2ccc(C(C)C)cc2)C1. The van der Waals surface area contributed by atoms with Gasteiger partial charge in [0.2, 0.25) is 0 Å². The molecule has 2 heteroatoms. The Hall–Kier alpha value is -1.02. The molecule has 0 saturated carbocycles. The molecule has 106 valence electrons. The van der Waals surface area contributed by atoms with Crippen molar-refractivity contribution in [3.8, 4) is 5.75 Å². The van der Waals surface area contributed by atoms with E-state index in [1.54, 1.807) is 0 Å². The van der Waals surface area contributed by atoms with Gasteiger partial charge in [0.25, 0.3) is 0 Å². The zero-order valence-corrected chi connectivity index (χ0v) is 12.6. The van der Waals surface area contributed by atoms with Gasteiger partial charge in [0.05, 0.1) is 0 Å². The molecule has 1 saturated heterocycles. The highest BCUT2D eigenvalue weighted by Gasteiger charge is 2.15. The molecule has 2 rings (SSSR count). The van der Waals surface area contributed by atoms with Gasteiger partial charge in [-0.3, -0.25) is 4.90 Å². The molecule has 0 aromatic heterocycles. The van der Waals surface area contributed by atoms with Crippen LogP contribution in [0.3, 0.4) is 0 Å². The summed E-state index contributed by atoms with van der Waals surface area (Å²) in [5.41, 5.74) is 1.37. The van der Waals surface area contributed by atoms with Crippen molar-refractivity contribution in [3.63, 3.8) is 0 Å². The van der Waals surface area contributed by atoms with E-state index in [1.807, 2.05) is 0 Å². The van der Waals surface area contributed by atoms with E-state index in [-0.39, 0.29) is 0 Å². The van der Waals surface area contributed by atoms with E-state index < -0.39 is 0 Å². The van der Waals surface area contributed by atoms with E-state index in [9.17, 15) is 0 Å². The van der Waals surface area contributed by atoms with Crippen LogP contribution in [0.25, 0.3) is 0 Å². The zero-order valence-electron chi connectivity index (χ0n) is 12.6. The summed E-state index contributed by atoms with van der Waals surface area (Å²) in [7, 11) is 0. The Morgan fingerprint density at radius 2 is 2.00 bits per heavy atom. The number of ether oxygens (including phenoxy) is 1. The van der Waals surface area contributed by atoms with Crippen molar-refractivity contribution in [1.29, 1.82) is 0 Å². The van der Waals surface area contributed by atoms with E-state index >= 15 is 0 Å². The summed E-state index contributed by atoms with van der Waals surface area (Å²) >= 11 is 0. The van der Waals surface area contributed by atoms with Crippen LogP contribution in [-0.2, 0) is 0 Å². The minimum absolute atomic E-state index is 0.587. The fraction of sp³-hybridized carbons (Fsp3) is 0.647. The summed E-state index contributed by atoms with van der Waals surface area (Å²) in [4.78, 5) is 2.52. The smallest absolute Gasteiger partial charge is 0.119 e. The molecule has 1 unspecified atom stereocenters. The van der Waals surface area contributed by atoms with Crippen LogP contribution in [0.5, 0.6) is 5.75 Å².